The fraction of sp³-hybridized carbons (Fsp3) is 0.312. The van der Waals surface area contributed by atoms with Crippen molar-refractivity contribution in [2.24, 2.45) is 0 Å². The zero-order valence-electron chi connectivity index (χ0n) is 11.1. The molecule has 1 aromatic carbocycles. The molecule has 0 fully saturated rings. The molecule has 0 spiro atoms. The van der Waals surface area contributed by atoms with E-state index < -0.39 is 0 Å². The van der Waals surface area contributed by atoms with Gasteiger partial charge in [-0.3, -0.25) is 0 Å². The summed E-state index contributed by atoms with van der Waals surface area (Å²) in [5.41, 5.74) is 2.33. The normalized spacial score (nSPS) is 12.1. The minimum absolute atomic E-state index is 0.319. The highest BCUT2D eigenvalue weighted by Gasteiger charge is 2.10. The van der Waals surface area contributed by atoms with Gasteiger partial charge in [0.2, 0.25) is 0 Å². The second-order valence-corrected chi connectivity index (χ2v) is 5.00. The Morgan fingerprint density at radius 2 is 2.00 bits per heavy atom. The lowest BCUT2D eigenvalue weighted by molar-refractivity contribution is 0.634. The highest BCUT2D eigenvalue weighted by molar-refractivity contribution is 6.29. The van der Waals surface area contributed by atoms with Gasteiger partial charge in [0.05, 0.1) is 6.04 Å². The third kappa shape index (κ3) is 4.25. The van der Waals surface area contributed by atoms with E-state index in [2.05, 4.69) is 41.5 Å². The number of aromatic nitrogens is 1. The molecule has 1 heterocycles. The van der Waals surface area contributed by atoms with Crippen molar-refractivity contribution >= 4 is 17.3 Å². The third-order valence-corrected chi connectivity index (χ3v) is 3.32. The van der Waals surface area contributed by atoms with Gasteiger partial charge in [-0.1, -0.05) is 61.7 Å². The van der Waals surface area contributed by atoms with Crippen LogP contribution >= 0.6 is 11.6 Å². The average Bonchev–Trinajstić information content (AvgIpc) is 2.44. The van der Waals surface area contributed by atoms with E-state index in [1.807, 2.05) is 18.2 Å². The molecule has 2 rings (SSSR count). The molecule has 0 radical (unpaired) electrons. The summed E-state index contributed by atoms with van der Waals surface area (Å²) in [6.07, 6.45) is 5.24. The van der Waals surface area contributed by atoms with E-state index in [1.165, 1.54) is 18.4 Å². The molecule has 0 bridgehead atoms. The largest absolute Gasteiger partial charge is 0.378 e. The Bertz CT molecular complexity index is 499. The number of rotatable bonds is 6. The van der Waals surface area contributed by atoms with Gasteiger partial charge in [0.1, 0.15) is 5.15 Å². The van der Waals surface area contributed by atoms with Gasteiger partial charge in [-0.15, -0.1) is 0 Å². The summed E-state index contributed by atoms with van der Waals surface area (Å²) < 4.78 is 0. The predicted molar refractivity (Wildman–Crippen MR) is 81.6 cm³/mol. The fourth-order valence-corrected chi connectivity index (χ4v) is 2.28. The van der Waals surface area contributed by atoms with Gasteiger partial charge in [0, 0.05) is 11.9 Å². The molecule has 3 heteroatoms. The van der Waals surface area contributed by atoms with Crippen LogP contribution in [0.5, 0.6) is 0 Å². The lowest BCUT2D eigenvalue weighted by atomic mass is 10.0. The third-order valence-electron chi connectivity index (χ3n) is 3.12. The number of nitrogens with zero attached hydrogens (tertiary/aromatic N) is 1. The number of nitrogens with one attached hydrogen (secondary N) is 1. The van der Waals surface area contributed by atoms with Crippen LogP contribution in [0.4, 0.5) is 5.69 Å². The smallest absolute Gasteiger partial charge is 0.131 e. The van der Waals surface area contributed by atoms with Crippen molar-refractivity contribution in [3.63, 3.8) is 0 Å². The quantitative estimate of drug-likeness (QED) is 0.743. The molecule has 1 aromatic heterocycles. The molecule has 19 heavy (non-hydrogen) atoms. The highest BCUT2D eigenvalue weighted by atomic mass is 35.5. The van der Waals surface area contributed by atoms with Gasteiger partial charge in [0.15, 0.2) is 0 Å². The van der Waals surface area contributed by atoms with E-state index in [-0.39, 0.29) is 0 Å². The highest BCUT2D eigenvalue weighted by Crippen LogP contribution is 2.25. The van der Waals surface area contributed by atoms with Gasteiger partial charge in [-0.2, -0.15) is 0 Å². The summed E-state index contributed by atoms with van der Waals surface area (Å²) in [6.45, 7) is 2.21. The Morgan fingerprint density at radius 1 is 1.21 bits per heavy atom. The monoisotopic (exact) mass is 274 g/mol. The predicted octanol–water partition coefficient (Wildman–Crippen LogP) is 5.08. The summed E-state index contributed by atoms with van der Waals surface area (Å²) in [4.78, 5) is 4.01. The van der Waals surface area contributed by atoms with Crippen LogP contribution in [-0.4, -0.2) is 4.98 Å². The van der Waals surface area contributed by atoms with Crippen molar-refractivity contribution in [1.82, 2.24) is 4.98 Å². The van der Waals surface area contributed by atoms with Crippen molar-refractivity contribution in [2.45, 2.75) is 32.2 Å². The number of unbranched alkanes of at least 4 members (excludes halogenated alkanes) is 1. The molecule has 1 atom stereocenters. The minimum atomic E-state index is 0.319. The first kappa shape index (κ1) is 13.9. The van der Waals surface area contributed by atoms with E-state index in [9.17, 15) is 0 Å². The maximum absolute atomic E-state index is 5.93. The van der Waals surface area contributed by atoms with E-state index >= 15 is 0 Å². The zero-order valence-corrected chi connectivity index (χ0v) is 11.9. The Hall–Kier alpha value is -1.54. The molecule has 0 aliphatic rings. The van der Waals surface area contributed by atoms with E-state index in [0.29, 0.717) is 11.2 Å². The van der Waals surface area contributed by atoms with E-state index in [0.717, 1.165) is 12.1 Å². The van der Waals surface area contributed by atoms with Crippen LogP contribution in [0.1, 0.15) is 37.8 Å². The molecule has 0 aliphatic carbocycles. The molecular formula is C16H19ClN2. The maximum atomic E-state index is 5.93. The van der Waals surface area contributed by atoms with Crippen LogP contribution in [-0.2, 0) is 0 Å². The second-order valence-electron chi connectivity index (χ2n) is 4.62. The Labute approximate surface area is 119 Å². The number of halogens is 1. The Morgan fingerprint density at radius 3 is 2.68 bits per heavy atom. The van der Waals surface area contributed by atoms with Crippen molar-refractivity contribution in [1.29, 1.82) is 0 Å². The lowest BCUT2D eigenvalue weighted by Crippen LogP contribution is -2.10. The molecule has 0 saturated heterocycles. The molecule has 0 aliphatic heterocycles. The van der Waals surface area contributed by atoms with Crippen LogP contribution in [0.15, 0.2) is 48.7 Å². The molecule has 2 nitrogen and oxygen atoms in total. The molecule has 1 unspecified atom stereocenters. The van der Waals surface area contributed by atoms with Gasteiger partial charge < -0.3 is 5.32 Å². The number of hydrogen-bond donors (Lipinski definition) is 1. The topological polar surface area (TPSA) is 24.9 Å². The van der Waals surface area contributed by atoms with Crippen LogP contribution in [0.25, 0.3) is 0 Å². The van der Waals surface area contributed by atoms with Gasteiger partial charge in [0.25, 0.3) is 0 Å². The molecule has 0 amide bonds. The lowest BCUT2D eigenvalue weighted by Gasteiger charge is -2.20. The van der Waals surface area contributed by atoms with Gasteiger partial charge >= 0.3 is 0 Å². The zero-order chi connectivity index (χ0) is 13.5. The minimum Gasteiger partial charge on any atom is -0.378 e. The number of benzene rings is 1. The fourth-order valence-electron chi connectivity index (χ4n) is 2.11. The summed E-state index contributed by atoms with van der Waals surface area (Å²) in [5, 5.41) is 4.07. The Kier molecular flexibility index (Phi) is 5.22. The molecular weight excluding hydrogens is 256 g/mol. The van der Waals surface area contributed by atoms with Crippen LogP contribution < -0.4 is 5.32 Å². The van der Waals surface area contributed by atoms with Gasteiger partial charge in [-0.25, -0.2) is 4.98 Å². The van der Waals surface area contributed by atoms with Crippen LogP contribution in [0.2, 0.25) is 5.15 Å². The molecule has 100 valence electrons. The molecule has 0 saturated carbocycles. The second kappa shape index (κ2) is 7.15. The molecule has 1 N–H and O–H groups in total. The SMILES string of the molecule is CCCCC(Nc1ccnc(Cl)c1)c1ccccc1. The first-order valence-electron chi connectivity index (χ1n) is 6.72. The number of pyridine rings is 1. The van der Waals surface area contributed by atoms with Crippen molar-refractivity contribution in [3.05, 3.63) is 59.4 Å². The summed E-state index contributed by atoms with van der Waals surface area (Å²) in [5.74, 6) is 0. The first-order valence-corrected chi connectivity index (χ1v) is 7.10. The maximum Gasteiger partial charge on any atom is 0.131 e. The number of anilines is 1. The van der Waals surface area contributed by atoms with E-state index in [1.54, 1.807) is 6.20 Å². The Balaban J connectivity index is 2.14. The van der Waals surface area contributed by atoms with Crippen LogP contribution in [0.3, 0.4) is 0 Å². The number of hydrogen-bond acceptors (Lipinski definition) is 2. The van der Waals surface area contributed by atoms with Crippen molar-refractivity contribution in [2.75, 3.05) is 5.32 Å². The summed E-state index contributed by atoms with van der Waals surface area (Å²) >= 11 is 5.93. The van der Waals surface area contributed by atoms with Crippen LogP contribution in [0, 0.1) is 0 Å². The van der Waals surface area contributed by atoms with Crippen molar-refractivity contribution in [3.8, 4) is 0 Å². The standard InChI is InChI=1S/C16H19ClN2/c1-2-3-9-15(13-7-5-4-6-8-13)19-14-10-11-18-16(17)12-14/h4-8,10-12,15H,2-3,9H2,1H3,(H,18,19). The van der Waals surface area contributed by atoms with E-state index in [4.69, 9.17) is 11.6 Å². The van der Waals surface area contributed by atoms with Crippen molar-refractivity contribution < 1.29 is 0 Å². The van der Waals surface area contributed by atoms with Gasteiger partial charge in [-0.05, 0) is 24.1 Å². The first-order chi connectivity index (χ1) is 9.29. The summed E-state index contributed by atoms with van der Waals surface area (Å²) in [7, 11) is 0. The molecule has 2 aromatic rings. The summed E-state index contributed by atoms with van der Waals surface area (Å²) in [6, 6.07) is 14.7. The average molecular weight is 275 g/mol.